The summed E-state index contributed by atoms with van der Waals surface area (Å²) in [4.78, 5) is 26.9. The van der Waals surface area contributed by atoms with Crippen LogP contribution in [-0.2, 0) is 0 Å². The molecule has 1 aliphatic carbocycles. The average molecular weight is 313 g/mol. The first kappa shape index (κ1) is 14.2. The van der Waals surface area contributed by atoms with Gasteiger partial charge in [-0.1, -0.05) is 0 Å². The summed E-state index contributed by atoms with van der Waals surface area (Å²) in [6.07, 6.45) is 6.36. The van der Waals surface area contributed by atoms with E-state index < -0.39 is 0 Å². The highest BCUT2D eigenvalue weighted by atomic mass is 16.4. The number of likely N-dealkylation sites (tertiary alicyclic amines) is 1. The van der Waals surface area contributed by atoms with Crippen LogP contribution in [0, 0.1) is 13.8 Å². The van der Waals surface area contributed by atoms with Gasteiger partial charge in [0.25, 0.3) is 0 Å². The molecule has 0 unspecified atom stereocenters. The van der Waals surface area contributed by atoms with Gasteiger partial charge >= 0.3 is 12.0 Å². The van der Waals surface area contributed by atoms with Crippen molar-refractivity contribution in [3.05, 3.63) is 35.2 Å². The smallest absolute Gasteiger partial charge is 0.325 e. The Morgan fingerprint density at radius 2 is 1.91 bits per heavy atom. The number of anilines is 1. The van der Waals surface area contributed by atoms with E-state index in [2.05, 4.69) is 20.3 Å². The van der Waals surface area contributed by atoms with Gasteiger partial charge in [0, 0.05) is 25.5 Å². The van der Waals surface area contributed by atoms with Gasteiger partial charge in [-0.05, 0) is 38.2 Å². The number of rotatable bonds is 3. The Morgan fingerprint density at radius 1 is 1.22 bits per heavy atom. The molecular formula is C16H19N5O2. The highest BCUT2D eigenvalue weighted by Crippen LogP contribution is 2.39. The number of aromatic nitrogens is 3. The SMILES string of the molecule is Cc1nc(NC(=O)N2CC(c3ncc(C4CC4)cn3)C2)oc1C. The summed E-state index contributed by atoms with van der Waals surface area (Å²) >= 11 is 0. The highest BCUT2D eigenvalue weighted by molar-refractivity contribution is 5.87. The molecule has 1 saturated heterocycles. The second-order valence-electron chi connectivity index (χ2n) is 6.34. The lowest BCUT2D eigenvalue weighted by Crippen LogP contribution is -2.50. The largest absolute Gasteiger partial charge is 0.428 e. The van der Waals surface area contributed by atoms with Crippen molar-refractivity contribution in [3.8, 4) is 0 Å². The predicted octanol–water partition coefficient (Wildman–Crippen LogP) is 2.59. The number of nitrogens with zero attached hydrogens (tertiary/aromatic N) is 4. The normalized spacial score (nSPS) is 17.9. The first-order valence-corrected chi connectivity index (χ1v) is 7.92. The fourth-order valence-corrected chi connectivity index (χ4v) is 2.69. The maximum atomic E-state index is 12.1. The zero-order valence-electron chi connectivity index (χ0n) is 13.2. The van der Waals surface area contributed by atoms with E-state index in [1.807, 2.05) is 26.2 Å². The van der Waals surface area contributed by atoms with Crippen LogP contribution in [0.1, 0.15) is 47.5 Å². The van der Waals surface area contributed by atoms with Crippen LogP contribution in [0.5, 0.6) is 0 Å². The predicted molar refractivity (Wildman–Crippen MR) is 83.3 cm³/mol. The van der Waals surface area contributed by atoms with Crippen molar-refractivity contribution < 1.29 is 9.21 Å². The topological polar surface area (TPSA) is 84.2 Å². The molecule has 23 heavy (non-hydrogen) atoms. The lowest BCUT2D eigenvalue weighted by atomic mass is 10.00. The highest BCUT2D eigenvalue weighted by Gasteiger charge is 2.34. The summed E-state index contributed by atoms with van der Waals surface area (Å²) in [5.41, 5.74) is 2.02. The van der Waals surface area contributed by atoms with Crippen molar-refractivity contribution in [3.63, 3.8) is 0 Å². The summed E-state index contributed by atoms with van der Waals surface area (Å²) in [5, 5.41) is 2.68. The number of hydrogen-bond donors (Lipinski definition) is 1. The molecule has 2 aromatic heterocycles. The molecule has 2 aromatic rings. The standard InChI is InChI=1S/C16H19N5O2/c1-9-10(2)23-15(19-9)20-16(22)21-7-13(8-21)14-17-5-12(6-18-14)11-3-4-11/h5-6,11,13H,3-4,7-8H2,1-2H3,(H,19,20,22). The van der Waals surface area contributed by atoms with Crippen molar-refractivity contribution >= 4 is 12.0 Å². The number of urea groups is 1. The molecule has 0 spiro atoms. The molecule has 2 aliphatic rings. The quantitative estimate of drug-likeness (QED) is 0.941. The fraction of sp³-hybridized carbons (Fsp3) is 0.500. The van der Waals surface area contributed by atoms with Gasteiger partial charge in [0.2, 0.25) is 0 Å². The number of nitrogens with one attached hydrogen (secondary N) is 1. The van der Waals surface area contributed by atoms with Crippen LogP contribution in [0.3, 0.4) is 0 Å². The number of carbonyl (C=O) groups is 1. The second kappa shape index (κ2) is 5.33. The van der Waals surface area contributed by atoms with Crippen molar-refractivity contribution in [2.45, 2.75) is 38.5 Å². The minimum Gasteiger partial charge on any atom is -0.428 e. The van der Waals surface area contributed by atoms with Gasteiger partial charge in [-0.3, -0.25) is 5.32 Å². The number of aryl methyl sites for hydroxylation is 2. The average Bonchev–Trinajstić information content (AvgIpc) is 3.26. The van der Waals surface area contributed by atoms with Crippen molar-refractivity contribution in [1.82, 2.24) is 19.9 Å². The molecular weight excluding hydrogens is 294 g/mol. The molecule has 2 amide bonds. The van der Waals surface area contributed by atoms with E-state index in [-0.39, 0.29) is 18.0 Å². The lowest BCUT2D eigenvalue weighted by molar-refractivity contribution is 0.160. The third-order valence-corrected chi connectivity index (χ3v) is 4.52. The fourth-order valence-electron chi connectivity index (χ4n) is 2.69. The molecule has 4 rings (SSSR count). The van der Waals surface area contributed by atoms with Gasteiger partial charge in [0.1, 0.15) is 11.6 Å². The van der Waals surface area contributed by atoms with Crippen molar-refractivity contribution in [1.29, 1.82) is 0 Å². The summed E-state index contributed by atoms with van der Waals surface area (Å²) < 4.78 is 5.36. The van der Waals surface area contributed by atoms with Gasteiger partial charge in [-0.15, -0.1) is 0 Å². The number of amides is 2. The Kier molecular flexibility index (Phi) is 3.28. The van der Waals surface area contributed by atoms with E-state index in [9.17, 15) is 4.79 Å². The summed E-state index contributed by atoms with van der Waals surface area (Å²) in [7, 11) is 0. The van der Waals surface area contributed by atoms with Crippen molar-refractivity contribution in [2.75, 3.05) is 18.4 Å². The van der Waals surface area contributed by atoms with E-state index in [1.54, 1.807) is 4.90 Å². The molecule has 1 aliphatic heterocycles. The molecule has 7 nitrogen and oxygen atoms in total. The molecule has 3 heterocycles. The summed E-state index contributed by atoms with van der Waals surface area (Å²) in [6, 6.07) is 0.0515. The molecule has 1 saturated carbocycles. The number of oxazole rings is 1. The Bertz CT molecular complexity index is 710. The molecule has 120 valence electrons. The minimum atomic E-state index is -0.197. The third kappa shape index (κ3) is 2.78. The van der Waals surface area contributed by atoms with Gasteiger partial charge in [-0.25, -0.2) is 14.8 Å². The molecule has 2 fully saturated rings. The zero-order valence-corrected chi connectivity index (χ0v) is 13.2. The molecule has 0 bridgehead atoms. The van der Waals surface area contributed by atoms with Crippen molar-refractivity contribution in [2.24, 2.45) is 0 Å². The van der Waals surface area contributed by atoms with Crippen LogP contribution in [0.15, 0.2) is 16.8 Å². The van der Waals surface area contributed by atoms with E-state index in [4.69, 9.17) is 4.42 Å². The van der Waals surface area contributed by atoms with Crippen LogP contribution in [0.25, 0.3) is 0 Å². The van der Waals surface area contributed by atoms with E-state index in [0.717, 1.165) is 11.5 Å². The number of carbonyl (C=O) groups excluding carboxylic acids is 1. The van der Waals surface area contributed by atoms with E-state index in [0.29, 0.717) is 24.8 Å². The zero-order chi connectivity index (χ0) is 16.0. The monoisotopic (exact) mass is 313 g/mol. The van der Waals surface area contributed by atoms with Gasteiger partial charge in [0.05, 0.1) is 11.6 Å². The Balaban J connectivity index is 1.32. The molecule has 1 N–H and O–H groups in total. The maximum Gasteiger partial charge on any atom is 0.325 e. The van der Waals surface area contributed by atoms with Crippen LogP contribution in [0.4, 0.5) is 10.8 Å². The Morgan fingerprint density at radius 3 is 2.48 bits per heavy atom. The number of hydrogen-bond acceptors (Lipinski definition) is 5. The first-order valence-electron chi connectivity index (χ1n) is 7.92. The van der Waals surface area contributed by atoms with Crippen LogP contribution >= 0.6 is 0 Å². The molecule has 0 atom stereocenters. The lowest BCUT2D eigenvalue weighted by Gasteiger charge is -2.37. The second-order valence-corrected chi connectivity index (χ2v) is 6.34. The third-order valence-electron chi connectivity index (χ3n) is 4.52. The summed E-state index contributed by atoms with van der Waals surface area (Å²) in [5.74, 6) is 2.41. The van der Waals surface area contributed by atoms with Gasteiger partial charge in [0.15, 0.2) is 0 Å². The van der Waals surface area contributed by atoms with Gasteiger partial charge in [-0.2, -0.15) is 4.98 Å². The summed E-state index contributed by atoms with van der Waals surface area (Å²) in [6.45, 7) is 4.90. The minimum absolute atomic E-state index is 0.197. The van der Waals surface area contributed by atoms with E-state index >= 15 is 0 Å². The van der Waals surface area contributed by atoms with Crippen LogP contribution in [-0.4, -0.2) is 39.0 Å². The molecule has 7 heteroatoms. The first-order chi connectivity index (χ1) is 11.1. The van der Waals surface area contributed by atoms with E-state index in [1.165, 1.54) is 18.4 Å². The van der Waals surface area contributed by atoms with Crippen LogP contribution in [0.2, 0.25) is 0 Å². The Labute approximate surface area is 134 Å². The molecule has 0 radical (unpaired) electrons. The Hall–Kier alpha value is -2.44. The van der Waals surface area contributed by atoms with Gasteiger partial charge < -0.3 is 9.32 Å². The molecule has 0 aromatic carbocycles. The van der Waals surface area contributed by atoms with Crippen LogP contribution < -0.4 is 5.32 Å². The maximum absolute atomic E-state index is 12.1.